The summed E-state index contributed by atoms with van der Waals surface area (Å²) in [5.74, 6) is 1.13. The van der Waals surface area contributed by atoms with Gasteiger partial charge in [-0.15, -0.1) is 11.8 Å². The van der Waals surface area contributed by atoms with Gasteiger partial charge in [-0.25, -0.2) is 4.79 Å². The van der Waals surface area contributed by atoms with Gasteiger partial charge in [-0.1, -0.05) is 6.07 Å². The van der Waals surface area contributed by atoms with Crippen LogP contribution in [-0.2, 0) is 6.42 Å². The summed E-state index contributed by atoms with van der Waals surface area (Å²) in [7, 11) is 0. The van der Waals surface area contributed by atoms with Gasteiger partial charge in [-0.05, 0) is 60.6 Å². The molecule has 0 fully saturated rings. The molecule has 0 unspecified atom stereocenters. The number of nitrogens with one attached hydrogen (secondary N) is 2. The van der Waals surface area contributed by atoms with Gasteiger partial charge >= 0.3 is 6.03 Å². The summed E-state index contributed by atoms with van der Waals surface area (Å²) in [4.78, 5) is 13.3. The van der Waals surface area contributed by atoms with E-state index in [1.165, 1.54) is 16.9 Å². The molecule has 2 aromatic carbocycles. The Balaban J connectivity index is 1.65. The lowest BCUT2D eigenvalue weighted by Gasteiger charge is -2.16. The molecule has 0 aliphatic carbocycles. The third-order valence-corrected chi connectivity index (χ3v) is 4.63. The van der Waals surface area contributed by atoms with E-state index in [-0.39, 0.29) is 6.03 Å². The van der Waals surface area contributed by atoms with E-state index >= 15 is 0 Å². The van der Waals surface area contributed by atoms with E-state index in [9.17, 15) is 4.79 Å². The molecule has 2 N–H and O–H groups in total. The van der Waals surface area contributed by atoms with Gasteiger partial charge < -0.3 is 10.6 Å². The van der Waals surface area contributed by atoms with Crippen LogP contribution < -0.4 is 10.6 Å². The minimum absolute atomic E-state index is 0.287. The molecule has 0 saturated carbocycles. The van der Waals surface area contributed by atoms with E-state index < -0.39 is 0 Å². The van der Waals surface area contributed by atoms with Crippen molar-refractivity contribution in [2.45, 2.75) is 17.7 Å². The maximum atomic E-state index is 12.0. The molecule has 1 heterocycles. The minimum atomic E-state index is -0.287. The Morgan fingerprint density at radius 2 is 1.82 bits per heavy atom. The van der Waals surface area contributed by atoms with Crippen molar-refractivity contribution in [2.75, 3.05) is 16.4 Å². The molecule has 0 aromatic heterocycles. The number of amides is 2. The van der Waals surface area contributed by atoms with Gasteiger partial charge in [0.25, 0.3) is 0 Å². The van der Waals surface area contributed by atoms with Crippen LogP contribution in [0.15, 0.2) is 47.4 Å². The van der Waals surface area contributed by atoms with E-state index in [1.807, 2.05) is 30.0 Å². The molecule has 22 heavy (non-hydrogen) atoms. The second kappa shape index (κ2) is 6.54. The summed E-state index contributed by atoms with van der Waals surface area (Å²) >= 11 is 1.84. The smallest absolute Gasteiger partial charge is 0.308 e. The molecule has 0 saturated heterocycles. The van der Waals surface area contributed by atoms with Crippen LogP contribution in [0.4, 0.5) is 16.2 Å². The molecule has 1 aliphatic rings. The van der Waals surface area contributed by atoms with Gasteiger partial charge in [0, 0.05) is 16.3 Å². The van der Waals surface area contributed by atoms with Crippen molar-refractivity contribution in [3.05, 3.63) is 53.6 Å². The van der Waals surface area contributed by atoms with E-state index in [0.29, 0.717) is 11.3 Å². The maximum Gasteiger partial charge on any atom is 0.323 e. The Morgan fingerprint density at radius 1 is 1.09 bits per heavy atom. The Bertz CT molecular complexity index is 735. The molecule has 2 aromatic rings. The highest BCUT2D eigenvalue weighted by Gasteiger charge is 2.11. The number of fused-ring (bicyclic) bond motifs is 1. The second-order valence-corrected chi connectivity index (χ2v) is 6.18. The largest absolute Gasteiger partial charge is 0.323 e. The van der Waals surface area contributed by atoms with Crippen molar-refractivity contribution in [3.63, 3.8) is 0 Å². The van der Waals surface area contributed by atoms with Crippen LogP contribution in [-0.4, -0.2) is 11.8 Å². The maximum absolute atomic E-state index is 12.0. The number of nitrogens with zero attached hydrogens (tertiary/aromatic N) is 1. The van der Waals surface area contributed by atoms with Gasteiger partial charge in [0.2, 0.25) is 0 Å². The molecule has 0 radical (unpaired) electrons. The van der Waals surface area contributed by atoms with Crippen LogP contribution in [0.5, 0.6) is 0 Å². The number of carbonyl (C=O) groups excluding carboxylic acids is 1. The van der Waals surface area contributed by atoms with E-state index in [4.69, 9.17) is 5.26 Å². The Labute approximate surface area is 133 Å². The molecular weight excluding hydrogens is 294 g/mol. The van der Waals surface area contributed by atoms with Crippen molar-refractivity contribution >= 4 is 29.2 Å². The number of urea groups is 1. The summed E-state index contributed by atoms with van der Waals surface area (Å²) in [5, 5.41) is 14.3. The molecule has 0 bridgehead atoms. The summed E-state index contributed by atoms with van der Waals surface area (Å²) in [6.45, 7) is 0. The molecule has 0 spiro atoms. The first-order valence-electron chi connectivity index (χ1n) is 7.08. The lowest BCUT2D eigenvalue weighted by Crippen LogP contribution is -2.19. The molecule has 5 heteroatoms. The lowest BCUT2D eigenvalue weighted by molar-refractivity contribution is 0.262. The molecule has 1 aliphatic heterocycles. The predicted molar refractivity (Wildman–Crippen MR) is 89.3 cm³/mol. The summed E-state index contributed by atoms with van der Waals surface area (Å²) in [5.41, 5.74) is 3.37. The van der Waals surface area contributed by atoms with Crippen molar-refractivity contribution in [1.29, 1.82) is 5.26 Å². The zero-order valence-corrected chi connectivity index (χ0v) is 12.7. The zero-order valence-electron chi connectivity index (χ0n) is 11.9. The summed E-state index contributed by atoms with van der Waals surface area (Å²) in [6, 6.07) is 14.6. The number of thioether (sulfide) groups is 1. The van der Waals surface area contributed by atoms with Gasteiger partial charge in [0.05, 0.1) is 11.6 Å². The van der Waals surface area contributed by atoms with E-state index in [1.54, 1.807) is 24.3 Å². The Kier molecular flexibility index (Phi) is 4.31. The fourth-order valence-electron chi connectivity index (χ4n) is 2.34. The number of hydrogen-bond acceptors (Lipinski definition) is 3. The number of carbonyl (C=O) groups is 1. The van der Waals surface area contributed by atoms with Crippen LogP contribution in [0.1, 0.15) is 17.5 Å². The van der Waals surface area contributed by atoms with Gasteiger partial charge in [0.15, 0.2) is 0 Å². The number of nitriles is 1. The van der Waals surface area contributed by atoms with Gasteiger partial charge in [-0.2, -0.15) is 5.26 Å². The summed E-state index contributed by atoms with van der Waals surface area (Å²) in [6.07, 6.45) is 2.32. The molecule has 3 rings (SSSR count). The molecular formula is C17H15N3OS. The standard InChI is InChI=1S/C17H15N3OS/c18-11-12-3-6-14(7-4-12)19-17(21)20-15-8-5-13-2-1-9-22-16(13)10-15/h3-8,10H,1-2,9H2,(H2,19,20,21). The number of aryl methyl sites for hydroxylation is 1. The van der Waals surface area contributed by atoms with Crippen molar-refractivity contribution in [3.8, 4) is 6.07 Å². The quantitative estimate of drug-likeness (QED) is 0.872. The van der Waals surface area contributed by atoms with Gasteiger partial charge in [-0.3, -0.25) is 0 Å². The van der Waals surface area contributed by atoms with E-state index in [0.717, 1.165) is 17.9 Å². The first-order valence-corrected chi connectivity index (χ1v) is 8.07. The number of anilines is 2. The Morgan fingerprint density at radius 3 is 2.59 bits per heavy atom. The van der Waals surface area contributed by atoms with E-state index in [2.05, 4.69) is 16.7 Å². The van der Waals surface area contributed by atoms with Gasteiger partial charge in [0.1, 0.15) is 0 Å². The SMILES string of the molecule is N#Cc1ccc(NC(=O)Nc2ccc3c(c2)SCCC3)cc1. The zero-order chi connectivity index (χ0) is 15.4. The van der Waals surface area contributed by atoms with Crippen molar-refractivity contribution in [2.24, 2.45) is 0 Å². The lowest BCUT2D eigenvalue weighted by atomic mass is 10.1. The summed E-state index contributed by atoms with van der Waals surface area (Å²) < 4.78 is 0. The van der Waals surface area contributed by atoms with Crippen molar-refractivity contribution in [1.82, 2.24) is 0 Å². The second-order valence-electron chi connectivity index (χ2n) is 5.04. The average molecular weight is 309 g/mol. The highest BCUT2D eigenvalue weighted by molar-refractivity contribution is 7.99. The number of rotatable bonds is 2. The third kappa shape index (κ3) is 3.41. The van der Waals surface area contributed by atoms with Crippen molar-refractivity contribution < 1.29 is 4.79 Å². The predicted octanol–water partition coefficient (Wildman–Crippen LogP) is 4.24. The molecule has 4 nitrogen and oxygen atoms in total. The first-order chi connectivity index (χ1) is 10.7. The minimum Gasteiger partial charge on any atom is -0.308 e. The third-order valence-electron chi connectivity index (χ3n) is 3.44. The topological polar surface area (TPSA) is 64.9 Å². The number of benzene rings is 2. The number of hydrogen-bond donors (Lipinski definition) is 2. The fourth-order valence-corrected chi connectivity index (χ4v) is 3.41. The van der Waals surface area contributed by atoms with Crippen LogP contribution in [0.25, 0.3) is 0 Å². The average Bonchev–Trinajstić information content (AvgIpc) is 2.55. The normalized spacial score (nSPS) is 12.9. The van der Waals surface area contributed by atoms with Crippen LogP contribution in [0, 0.1) is 11.3 Å². The van der Waals surface area contributed by atoms with Crippen LogP contribution >= 0.6 is 11.8 Å². The fraction of sp³-hybridized carbons (Fsp3) is 0.176. The monoisotopic (exact) mass is 309 g/mol. The molecule has 0 atom stereocenters. The molecule has 2 amide bonds. The first kappa shape index (κ1) is 14.5. The highest BCUT2D eigenvalue weighted by Crippen LogP contribution is 2.32. The molecule has 110 valence electrons. The van der Waals surface area contributed by atoms with Crippen LogP contribution in [0.2, 0.25) is 0 Å². The Hall–Kier alpha value is -2.45. The van der Waals surface area contributed by atoms with Crippen LogP contribution in [0.3, 0.4) is 0 Å². The highest BCUT2D eigenvalue weighted by atomic mass is 32.2.